The van der Waals surface area contributed by atoms with Gasteiger partial charge in [0, 0.05) is 45.3 Å². The van der Waals surface area contributed by atoms with Crippen LogP contribution in [0.15, 0.2) is 36.8 Å². The second-order valence-electron chi connectivity index (χ2n) is 7.69. The number of hydrogen-bond donors (Lipinski definition) is 0. The van der Waals surface area contributed by atoms with E-state index in [-0.39, 0.29) is 5.41 Å². The highest BCUT2D eigenvalue weighted by molar-refractivity contribution is 5.84. The van der Waals surface area contributed by atoms with Gasteiger partial charge in [-0.1, -0.05) is 6.07 Å². The monoisotopic (exact) mass is 353 g/mol. The quantitative estimate of drug-likeness (QED) is 0.846. The summed E-state index contributed by atoms with van der Waals surface area (Å²) in [5.41, 5.74) is 2.20. The normalized spacial score (nSPS) is 24.3. The third-order valence-electron chi connectivity index (χ3n) is 6.04. The lowest BCUT2D eigenvalue weighted by Crippen LogP contribution is -2.35. The molecule has 0 N–H and O–H groups in total. The van der Waals surface area contributed by atoms with Crippen LogP contribution in [0.4, 0.5) is 0 Å². The molecule has 2 saturated heterocycles. The zero-order valence-electron chi connectivity index (χ0n) is 15.5. The van der Waals surface area contributed by atoms with Crippen molar-refractivity contribution in [2.45, 2.75) is 38.8 Å². The van der Waals surface area contributed by atoms with E-state index < -0.39 is 0 Å². The second-order valence-corrected chi connectivity index (χ2v) is 7.69. The zero-order chi connectivity index (χ0) is 18.0. The first-order chi connectivity index (χ1) is 12.7. The molecule has 26 heavy (non-hydrogen) atoms. The van der Waals surface area contributed by atoms with Crippen molar-refractivity contribution in [3.63, 3.8) is 0 Å². The van der Waals surface area contributed by atoms with Gasteiger partial charge < -0.3 is 4.90 Å². The van der Waals surface area contributed by atoms with Crippen molar-refractivity contribution >= 4 is 5.91 Å². The van der Waals surface area contributed by atoms with Gasteiger partial charge in [0.1, 0.15) is 0 Å². The van der Waals surface area contributed by atoms with Crippen molar-refractivity contribution in [2.75, 3.05) is 19.6 Å². The fourth-order valence-corrected chi connectivity index (χ4v) is 4.41. The van der Waals surface area contributed by atoms with Crippen LogP contribution in [-0.4, -0.2) is 50.1 Å². The molecule has 138 valence electrons. The van der Waals surface area contributed by atoms with Crippen LogP contribution in [0, 0.1) is 5.41 Å². The summed E-state index contributed by atoms with van der Waals surface area (Å²) in [7, 11) is 1.99. The molecule has 0 saturated carbocycles. The Hall–Kier alpha value is -2.21. The zero-order valence-corrected chi connectivity index (χ0v) is 15.5. The number of carbonyl (C=O) groups excluding carboxylic acids is 1. The number of likely N-dealkylation sites (tertiary alicyclic amines) is 2. The van der Waals surface area contributed by atoms with Crippen molar-refractivity contribution in [3.05, 3.63) is 48.0 Å². The molecule has 2 fully saturated rings. The van der Waals surface area contributed by atoms with E-state index in [1.54, 1.807) is 6.20 Å². The summed E-state index contributed by atoms with van der Waals surface area (Å²) in [5, 5.41) is 4.26. The van der Waals surface area contributed by atoms with Gasteiger partial charge in [-0.05, 0) is 56.5 Å². The first kappa shape index (κ1) is 17.2. The molecule has 6 heteroatoms. The Bertz CT molecular complexity index is 759. The number of carbonyl (C=O) groups is 1. The van der Waals surface area contributed by atoms with Gasteiger partial charge in [0.2, 0.25) is 5.91 Å². The first-order valence-corrected chi connectivity index (χ1v) is 9.54. The van der Waals surface area contributed by atoms with Gasteiger partial charge in [0.05, 0.1) is 11.1 Å². The van der Waals surface area contributed by atoms with E-state index in [1.807, 2.05) is 41.2 Å². The van der Waals surface area contributed by atoms with E-state index >= 15 is 0 Å². The van der Waals surface area contributed by atoms with Gasteiger partial charge in [-0.3, -0.25) is 19.4 Å². The Labute approximate surface area is 154 Å². The fraction of sp³-hybridized carbons (Fsp3) is 0.550. The van der Waals surface area contributed by atoms with Crippen molar-refractivity contribution in [3.8, 4) is 0 Å². The molecule has 0 aliphatic carbocycles. The number of amides is 1. The van der Waals surface area contributed by atoms with Crippen molar-refractivity contribution < 1.29 is 4.79 Å². The maximum atomic E-state index is 13.2. The predicted octanol–water partition coefficient (Wildman–Crippen LogP) is 2.22. The molecule has 1 atom stereocenters. The number of hydrogen-bond acceptors (Lipinski definition) is 4. The Kier molecular flexibility index (Phi) is 4.76. The molecular formula is C20H27N5O. The molecule has 0 unspecified atom stereocenters. The molecule has 1 amide bonds. The lowest BCUT2D eigenvalue weighted by molar-refractivity contribution is -0.137. The molecule has 2 aromatic rings. The largest absolute Gasteiger partial charge is 0.338 e. The van der Waals surface area contributed by atoms with Crippen LogP contribution in [0.3, 0.4) is 0 Å². The van der Waals surface area contributed by atoms with E-state index in [0.717, 1.165) is 57.4 Å². The molecule has 0 aromatic carbocycles. The summed E-state index contributed by atoms with van der Waals surface area (Å²) < 4.78 is 1.94. The van der Waals surface area contributed by atoms with Gasteiger partial charge in [-0.2, -0.15) is 5.10 Å². The predicted molar refractivity (Wildman–Crippen MR) is 99.0 cm³/mol. The summed E-state index contributed by atoms with van der Waals surface area (Å²) >= 11 is 0. The lowest BCUT2D eigenvalue weighted by atomic mass is 9.79. The number of pyridine rings is 1. The first-order valence-electron chi connectivity index (χ1n) is 9.54. The number of aryl methyl sites for hydroxylation is 1. The van der Waals surface area contributed by atoms with Crippen LogP contribution in [-0.2, 0) is 24.9 Å². The van der Waals surface area contributed by atoms with Gasteiger partial charge in [-0.15, -0.1) is 0 Å². The Morgan fingerprint density at radius 1 is 1.08 bits per heavy atom. The van der Waals surface area contributed by atoms with Crippen LogP contribution in [0.5, 0.6) is 0 Å². The molecule has 0 bridgehead atoms. The standard InChI is InChI=1S/C20H27N5O/c1-23-18(5-10-22-23)16-24-11-3-6-20(7-12-24)8-13-25(19(20)26)15-17-4-2-9-21-14-17/h2,4-5,9-10,14H,3,6-8,11-13,15-16H2,1H3/t20-/m0/s1. The molecule has 0 radical (unpaired) electrons. The average Bonchev–Trinajstić information content (AvgIpc) is 3.10. The lowest BCUT2D eigenvalue weighted by Gasteiger charge is -2.27. The van der Waals surface area contributed by atoms with Gasteiger partial charge in [0.15, 0.2) is 0 Å². The minimum absolute atomic E-state index is 0.149. The highest BCUT2D eigenvalue weighted by Crippen LogP contribution is 2.42. The SMILES string of the molecule is Cn1nccc1CN1CCC[C@]2(CC1)CCN(Cc1cccnc1)C2=O. The summed E-state index contributed by atoms with van der Waals surface area (Å²) in [6, 6.07) is 6.07. The smallest absolute Gasteiger partial charge is 0.229 e. The van der Waals surface area contributed by atoms with Crippen molar-refractivity contribution in [1.82, 2.24) is 24.6 Å². The molecule has 4 heterocycles. The molecule has 4 rings (SSSR count). The number of aromatic nitrogens is 3. The molecule has 2 aromatic heterocycles. The minimum Gasteiger partial charge on any atom is -0.338 e. The second kappa shape index (κ2) is 7.19. The van der Waals surface area contributed by atoms with Crippen molar-refractivity contribution in [2.24, 2.45) is 12.5 Å². The van der Waals surface area contributed by atoms with Crippen LogP contribution in [0.2, 0.25) is 0 Å². The summed E-state index contributed by atoms with van der Waals surface area (Å²) in [4.78, 5) is 21.9. The van der Waals surface area contributed by atoms with E-state index in [1.165, 1.54) is 5.69 Å². The molecular weight excluding hydrogens is 326 g/mol. The van der Waals surface area contributed by atoms with Crippen LogP contribution >= 0.6 is 0 Å². The average molecular weight is 353 g/mol. The van der Waals surface area contributed by atoms with Gasteiger partial charge >= 0.3 is 0 Å². The Morgan fingerprint density at radius 2 is 1.96 bits per heavy atom. The maximum Gasteiger partial charge on any atom is 0.229 e. The Morgan fingerprint density at radius 3 is 2.73 bits per heavy atom. The van der Waals surface area contributed by atoms with Crippen LogP contribution < -0.4 is 0 Å². The van der Waals surface area contributed by atoms with E-state index in [9.17, 15) is 4.79 Å². The van der Waals surface area contributed by atoms with E-state index in [4.69, 9.17) is 0 Å². The van der Waals surface area contributed by atoms with E-state index in [0.29, 0.717) is 12.5 Å². The van der Waals surface area contributed by atoms with Crippen LogP contribution in [0.25, 0.3) is 0 Å². The highest BCUT2D eigenvalue weighted by atomic mass is 16.2. The van der Waals surface area contributed by atoms with Gasteiger partial charge in [-0.25, -0.2) is 0 Å². The highest BCUT2D eigenvalue weighted by Gasteiger charge is 2.46. The Balaban J connectivity index is 1.40. The number of rotatable bonds is 4. The molecule has 1 spiro atoms. The molecule has 2 aliphatic rings. The van der Waals surface area contributed by atoms with Crippen molar-refractivity contribution in [1.29, 1.82) is 0 Å². The summed E-state index contributed by atoms with van der Waals surface area (Å²) in [6.07, 6.45) is 9.55. The van der Waals surface area contributed by atoms with Gasteiger partial charge in [0.25, 0.3) is 0 Å². The molecule has 2 aliphatic heterocycles. The third-order valence-corrected chi connectivity index (χ3v) is 6.04. The molecule has 6 nitrogen and oxygen atoms in total. The maximum absolute atomic E-state index is 13.2. The topological polar surface area (TPSA) is 54.3 Å². The third kappa shape index (κ3) is 3.38. The fourth-order valence-electron chi connectivity index (χ4n) is 4.41. The summed E-state index contributed by atoms with van der Waals surface area (Å²) in [5.74, 6) is 0.351. The van der Waals surface area contributed by atoms with Crippen LogP contribution in [0.1, 0.15) is 36.9 Å². The summed E-state index contributed by atoms with van der Waals surface area (Å²) in [6.45, 7) is 4.52. The minimum atomic E-state index is -0.149. The van der Waals surface area contributed by atoms with E-state index in [2.05, 4.69) is 21.0 Å². The number of nitrogens with zero attached hydrogens (tertiary/aromatic N) is 5.